The molecule has 1 heterocycles. The Bertz CT molecular complexity index is 561. The molecule has 0 radical (unpaired) electrons. The second-order valence-electron chi connectivity index (χ2n) is 3.08. The largest absolute Gasteiger partial charge is 0.418 e. The molecule has 0 saturated carbocycles. The van der Waals surface area contributed by atoms with Crippen molar-refractivity contribution in [3.63, 3.8) is 0 Å². The first-order valence-corrected chi connectivity index (χ1v) is 4.08. The van der Waals surface area contributed by atoms with Gasteiger partial charge >= 0.3 is 6.18 Å². The van der Waals surface area contributed by atoms with E-state index in [9.17, 15) is 23.3 Å². The SMILES string of the molecule is O=[N+]([O-])c1cc(C(F)(F)F)c2[nH]ncc2c1. The van der Waals surface area contributed by atoms with Crippen molar-refractivity contribution < 1.29 is 18.1 Å². The molecule has 0 aliphatic rings. The molecule has 0 aliphatic heterocycles. The molecule has 0 spiro atoms. The Morgan fingerprint density at radius 3 is 2.62 bits per heavy atom. The molecule has 2 aromatic rings. The van der Waals surface area contributed by atoms with Crippen LogP contribution in [0.5, 0.6) is 0 Å². The van der Waals surface area contributed by atoms with E-state index in [-0.39, 0.29) is 10.9 Å². The molecule has 0 amide bonds. The van der Waals surface area contributed by atoms with Crippen LogP contribution >= 0.6 is 0 Å². The quantitative estimate of drug-likeness (QED) is 0.605. The highest BCUT2D eigenvalue weighted by atomic mass is 19.4. The van der Waals surface area contributed by atoms with Crippen LogP contribution in [0.4, 0.5) is 18.9 Å². The second-order valence-corrected chi connectivity index (χ2v) is 3.08. The average Bonchev–Trinajstić information content (AvgIpc) is 2.61. The topological polar surface area (TPSA) is 71.8 Å². The number of alkyl halides is 3. The Kier molecular flexibility index (Phi) is 2.07. The highest BCUT2D eigenvalue weighted by Gasteiger charge is 2.35. The first-order valence-electron chi connectivity index (χ1n) is 4.08. The highest BCUT2D eigenvalue weighted by Crippen LogP contribution is 2.36. The van der Waals surface area contributed by atoms with Crippen LogP contribution < -0.4 is 0 Å². The zero-order valence-electron chi connectivity index (χ0n) is 7.58. The van der Waals surface area contributed by atoms with Crippen LogP contribution in [0, 0.1) is 10.1 Å². The Hall–Kier alpha value is -2.12. The van der Waals surface area contributed by atoms with Crippen LogP contribution in [-0.2, 0) is 6.18 Å². The van der Waals surface area contributed by atoms with Crippen molar-refractivity contribution in [3.05, 3.63) is 34.0 Å². The third-order valence-electron chi connectivity index (χ3n) is 2.05. The number of halogens is 3. The number of rotatable bonds is 1. The molecule has 0 aliphatic carbocycles. The van der Waals surface area contributed by atoms with Crippen molar-refractivity contribution in [3.8, 4) is 0 Å². The Morgan fingerprint density at radius 2 is 2.06 bits per heavy atom. The predicted molar refractivity (Wildman–Crippen MR) is 47.8 cm³/mol. The zero-order valence-corrected chi connectivity index (χ0v) is 7.58. The third-order valence-corrected chi connectivity index (χ3v) is 2.05. The van der Waals surface area contributed by atoms with Crippen LogP contribution in [0.1, 0.15) is 5.56 Å². The smallest absolute Gasteiger partial charge is 0.277 e. The van der Waals surface area contributed by atoms with Crippen molar-refractivity contribution in [2.45, 2.75) is 6.18 Å². The van der Waals surface area contributed by atoms with Gasteiger partial charge in [-0.3, -0.25) is 15.2 Å². The number of non-ortho nitro benzene ring substituents is 1. The summed E-state index contributed by atoms with van der Waals surface area (Å²) in [5.41, 5.74) is -1.95. The zero-order chi connectivity index (χ0) is 11.9. The normalized spacial score (nSPS) is 11.9. The lowest BCUT2D eigenvalue weighted by Crippen LogP contribution is -2.06. The van der Waals surface area contributed by atoms with Crippen molar-refractivity contribution in [2.75, 3.05) is 0 Å². The van der Waals surface area contributed by atoms with E-state index in [4.69, 9.17) is 0 Å². The maximum Gasteiger partial charge on any atom is 0.418 e. The minimum Gasteiger partial charge on any atom is -0.277 e. The van der Waals surface area contributed by atoms with Crippen LogP contribution in [0.25, 0.3) is 10.9 Å². The number of fused-ring (bicyclic) bond motifs is 1. The van der Waals surface area contributed by atoms with Crippen molar-refractivity contribution in [1.82, 2.24) is 10.2 Å². The van der Waals surface area contributed by atoms with Gasteiger partial charge < -0.3 is 0 Å². The molecule has 0 unspecified atom stereocenters. The number of benzene rings is 1. The van der Waals surface area contributed by atoms with Crippen LogP contribution in [0.3, 0.4) is 0 Å². The molecular weight excluding hydrogens is 227 g/mol. The average molecular weight is 231 g/mol. The number of aromatic amines is 1. The maximum atomic E-state index is 12.6. The first kappa shape index (κ1) is 10.4. The van der Waals surface area contributed by atoms with E-state index in [1.54, 1.807) is 0 Å². The summed E-state index contributed by atoms with van der Waals surface area (Å²) in [6.45, 7) is 0. The van der Waals surface area contributed by atoms with Gasteiger partial charge in [0.1, 0.15) is 0 Å². The third kappa shape index (κ3) is 1.58. The number of nitrogens with one attached hydrogen (secondary N) is 1. The fourth-order valence-corrected chi connectivity index (χ4v) is 1.37. The standard InChI is InChI=1S/C8H4F3N3O2/c9-8(10,11)6-2-5(14(15)16)1-4-3-12-13-7(4)6/h1-3H,(H,12,13). The predicted octanol–water partition coefficient (Wildman–Crippen LogP) is 2.49. The van der Waals surface area contributed by atoms with Gasteiger partial charge in [0, 0.05) is 17.5 Å². The number of nitrogens with zero attached hydrogens (tertiary/aromatic N) is 2. The second kappa shape index (κ2) is 3.19. The van der Waals surface area contributed by atoms with Crippen LogP contribution in [0.15, 0.2) is 18.3 Å². The van der Waals surface area contributed by atoms with E-state index < -0.39 is 22.4 Å². The van der Waals surface area contributed by atoms with E-state index in [1.165, 1.54) is 0 Å². The van der Waals surface area contributed by atoms with E-state index in [0.29, 0.717) is 6.07 Å². The van der Waals surface area contributed by atoms with E-state index in [2.05, 4.69) is 10.2 Å². The van der Waals surface area contributed by atoms with Crippen molar-refractivity contribution >= 4 is 16.6 Å². The molecule has 1 N–H and O–H groups in total. The number of hydrogen-bond donors (Lipinski definition) is 1. The number of hydrogen-bond acceptors (Lipinski definition) is 3. The Balaban J connectivity index is 2.79. The Labute approximate surface area is 86.0 Å². The maximum absolute atomic E-state index is 12.6. The van der Waals surface area contributed by atoms with Gasteiger partial charge in [0.15, 0.2) is 0 Å². The van der Waals surface area contributed by atoms with Gasteiger partial charge in [-0.2, -0.15) is 18.3 Å². The minimum absolute atomic E-state index is 0.0570. The van der Waals surface area contributed by atoms with Crippen molar-refractivity contribution in [1.29, 1.82) is 0 Å². The molecule has 0 bridgehead atoms. The van der Waals surface area contributed by atoms with E-state index in [0.717, 1.165) is 12.3 Å². The molecule has 1 aromatic carbocycles. The van der Waals surface area contributed by atoms with E-state index >= 15 is 0 Å². The molecule has 2 rings (SSSR count). The number of H-pyrrole nitrogens is 1. The fraction of sp³-hybridized carbons (Fsp3) is 0.125. The lowest BCUT2D eigenvalue weighted by atomic mass is 10.1. The lowest BCUT2D eigenvalue weighted by molar-refractivity contribution is -0.385. The van der Waals surface area contributed by atoms with E-state index in [1.807, 2.05) is 0 Å². The Morgan fingerprint density at radius 1 is 1.38 bits per heavy atom. The molecule has 0 fully saturated rings. The number of aromatic nitrogens is 2. The minimum atomic E-state index is -4.66. The van der Waals surface area contributed by atoms with Gasteiger partial charge in [0.05, 0.1) is 22.2 Å². The molecule has 0 saturated heterocycles. The first-order chi connectivity index (χ1) is 7.39. The summed E-state index contributed by atoms with van der Waals surface area (Å²) in [5.74, 6) is 0. The summed E-state index contributed by atoms with van der Waals surface area (Å²) >= 11 is 0. The van der Waals surface area contributed by atoms with Gasteiger partial charge in [-0.1, -0.05) is 0 Å². The molecule has 5 nitrogen and oxygen atoms in total. The monoisotopic (exact) mass is 231 g/mol. The molecule has 0 atom stereocenters. The van der Waals surface area contributed by atoms with Gasteiger partial charge in [-0.15, -0.1) is 0 Å². The van der Waals surface area contributed by atoms with Gasteiger partial charge in [0.2, 0.25) is 0 Å². The summed E-state index contributed by atoms with van der Waals surface area (Å²) < 4.78 is 37.7. The summed E-state index contributed by atoms with van der Waals surface area (Å²) in [6, 6.07) is 1.52. The van der Waals surface area contributed by atoms with Crippen LogP contribution in [0.2, 0.25) is 0 Å². The molecule has 84 valence electrons. The molecule has 16 heavy (non-hydrogen) atoms. The summed E-state index contributed by atoms with van der Waals surface area (Å²) in [4.78, 5) is 9.58. The van der Waals surface area contributed by atoms with Crippen molar-refractivity contribution in [2.24, 2.45) is 0 Å². The van der Waals surface area contributed by atoms with Crippen LogP contribution in [-0.4, -0.2) is 15.1 Å². The molecule has 8 heteroatoms. The lowest BCUT2D eigenvalue weighted by Gasteiger charge is -2.07. The summed E-state index contributed by atoms with van der Waals surface area (Å²) in [7, 11) is 0. The van der Waals surface area contributed by atoms with Gasteiger partial charge in [-0.25, -0.2) is 0 Å². The molecule has 1 aromatic heterocycles. The van der Waals surface area contributed by atoms with Gasteiger partial charge in [-0.05, 0) is 0 Å². The molecular formula is C8H4F3N3O2. The fourth-order valence-electron chi connectivity index (χ4n) is 1.37. The van der Waals surface area contributed by atoms with Gasteiger partial charge in [0.25, 0.3) is 5.69 Å². The number of nitro groups is 1. The number of nitro benzene ring substituents is 1. The highest BCUT2D eigenvalue weighted by molar-refractivity contribution is 5.84. The summed E-state index contributed by atoms with van der Waals surface area (Å²) in [5, 5.41) is 16.1. The summed E-state index contributed by atoms with van der Waals surface area (Å²) in [6.07, 6.45) is -3.55.